The molecule has 0 unspecified atom stereocenters. The molecule has 0 saturated heterocycles. The fourth-order valence-corrected chi connectivity index (χ4v) is 3.15. The van der Waals surface area contributed by atoms with E-state index in [2.05, 4.69) is 19.9 Å². The van der Waals surface area contributed by atoms with E-state index in [4.69, 9.17) is 5.73 Å². The molecule has 0 fully saturated rings. The van der Waals surface area contributed by atoms with Crippen LogP contribution in [0.15, 0.2) is 18.2 Å². The number of fused-ring (bicyclic) bond motifs is 1. The summed E-state index contributed by atoms with van der Waals surface area (Å²) in [6.07, 6.45) is 7.18. The molecule has 3 atom stereocenters. The Balaban J connectivity index is 2.25. The number of hydrogen-bond donors (Lipinski definition) is 2. The minimum atomic E-state index is 0.247. The number of nitrogens with two attached hydrogens (primary N) is 1. The Morgan fingerprint density at radius 3 is 2.74 bits per heavy atom. The molecular formula is C17H27NO. The maximum atomic E-state index is 9.69. The third kappa shape index (κ3) is 3.97. The second-order valence-corrected chi connectivity index (χ2v) is 6.35. The highest BCUT2D eigenvalue weighted by Crippen LogP contribution is 2.28. The molecule has 0 radical (unpaired) electrons. The number of aryl methyl sites for hydroxylation is 1. The summed E-state index contributed by atoms with van der Waals surface area (Å²) in [5.74, 6) is 1.72. The fraction of sp³-hybridized carbons (Fsp3) is 0.647. The first kappa shape index (κ1) is 14.4. The van der Waals surface area contributed by atoms with Crippen LogP contribution >= 0.6 is 0 Å². The summed E-state index contributed by atoms with van der Waals surface area (Å²) >= 11 is 0. The topological polar surface area (TPSA) is 46.2 Å². The van der Waals surface area contributed by atoms with Gasteiger partial charge >= 0.3 is 0 Å². The number of hydrogen-bond acceptors (Lipinski definition) is 2. The first-order chi connectivity index (χ1) is 9.06. The van der Waals surface area contributed by atoms with E-state index >= 15 is 0 Å². The van der Waals surface area contributed by atoms with Crippen molar-refractivity contribution in [3.8, 4) is 5.75 Å². The molecule has 1 aliphatic rings. The molecule has 1 aliphatic carbocycles. The van der Waals surface area contributed by atoms with E-state index in [1.54, 1.807) is 0 Å². The van der Waals surface area contributed by atoms with Crippen LogP contribution in [-0.2, 0) is 12.8 Å². The molecule has 19 heavy (non-hydrogen) atoms. The molecule has 0 saturated carbocycles. The number of benzene rings is 1. The lowest BCUT2D eigenvalue weighted by atomic mass is 9.83. The molecule has 0 aliphatic heterocycles. The molecule has 2 rings (SSSR count). The Bertz CT molecular complexity index is 414. The summed E-state index contributed by atoms with van der Waals surface area (Å²) in [4.78, 5) is 0. The molecule has 2 heteroatoms. The molecular weight excluding hydrogens is 234 g/mol. The maximum Gasteiger partial charge on any atom is 0.115 e. The van der Waals surface area contributed by atoms with Crippen molar-refractivity contribution < 1.29 is 5.11 Å². The van der Waals surface area contributed by atoms with Gasteiger partial charge < -0.3 is 10.8 Å². The third-order valence-corrected chi connectivity index (χ3v) is 4.59. The van der Waals surface area contributed by atoms with Gasteiger partial charge in [0, 0.05) is 6.04 Å². The lowest BCUT2D eigenvalue weighted by Gasteiger charge is -2.25. The molecule has 1 aromatic carbocycles. The average Bonchev–Trinajstić information content (AvgIpc) is 2.37. The summed E-state index contributed by atoms with van der Waals surface area (Å²) < 4.78 is 0. The van der Waals surface area contributed by atoms with Crippen LogP contribution in [0.5, 0.6) is 5.75 Å². The van der Waals surface area contributed by atoms with Crippen LogP contribution in [0.3, 0.4) is 0 Å². The third-order valence-electron chi connectivity index (χ3n) is 4.59. The quantitative estimate of drug-likeness (QED) is 0.810. The highest BCUT2D eigenvalue weighted by Gasteiger charge is 2.19. The zero-order valence-electron chi connectivity index (χ0n) is 12.2. The highest BCUT2D eigenvalue weighted by atomic mass is 16.3. The Labute approximate surface area is 117 Å². The lowest BCUT2D eigenvalue weighted by molar-refractivity contribution is 0.361. The molecule has 0 aromatic heterocycles. The smallest absolute Gasteiger partial charge is 0.115 e. The van der Waals surface area contributed by atoms with E-state index in [1.165, 1.54) is 36.8 Å². The van der Waals surface area contributed by atoms with Crippen molar-refractivity contribution in [1.82, 2.24) is 0 Å². The van der Waals surface area contributed by atoms with Gasteiger partial charge in [-0.05, 0) is 67.7 Å². The second kappa shape index (κ2) is 6.42. The highest BCUT2D eigenvalue weighted by molar-refractivity contribution is 5.35. The van der Waals surface area contributed by atoms with Crippen LogP contribution in [0.2, 0.25) is 0 Å². The standard InChI is InChI=1S/C17H27NO/c1-12-4-3-5-14(13(2)18)10-15-8-9-17(19)11-16(15)7-6-12/h8-9,11-14,19H,3-7,10,18H2,1-2H3/t12-,13+,14-/m0/s1. The Kier molecular flexibility index (Phi) is 4.87. The van der Waals surface area contributed by atoms with Gasteiger partial charge in [-0.3, -0.25) is 0 Å². The van der Waals surface area contributed by atoms with Gasteiger partial charge in [0.1, 0.15) is 5.75 Å². The van der Waals surface area contributed by atoms with E-state index in [9.17, 15) is 5.11 Å². The monoisotopic (exact) mass is 261 g/mol. The van der Waals surface area contributed by atoms with Crippen molar-refractivity contribution in [3.63, 3.8) is 0 Å². The van der Waals surface area contributed by atoms with Gasteiger partial charge in [-0.2, -0.15) is 0 Å². The van der Waals surface area contributed by atoms with Crippen LogP contribution in [0.1, 0.15) is 50.7 Å². The van der Waals surface area contributed by atoms with Crippen LogP contribution in [0.4, 0.5) is 0 Å². The first-order valence-corrected chi connectivity index (χ1v) is 7.62. The largest absolute Gasteiger partial charge is 0.508 e. The molecule has 106 valence electrons. The molecule has 0 spiro atoms. The zero-order chi connectivity index (χ0) is 13.8. The van der Waals surface area contributed by atoms with Gasteiger partial charge in [0.05, 0.1) is 0 Å². The van der Waals surface area contributed by atoms with Crippen LogP contribution in [0.25, 0.3) is 0 Å². The van der Waals surface area contributed by atoms with Gasteiger partial charge in [0.25, 0.3) is 0 Å². The maximum absolute atomic E-state index is 9.69. The van der Waals surface area contributed by atoms with Gasteiger partial charge in [-0.25, -0.2) is 0 Å². The van der Waals surface area contributed by atoms with Crippen LogP contribution in [0, 0.1) is 11.8 Å². The summed E-state index contributed by atoms with van der Waals surface area (Å²) in [6, 6.07) is 6.09. The molecule has 3 N–H and O–H groups in total. The molecule has 0 amide bonds. The zero-order valence-corrected chi connectivity index (χ0v) is 12.2. The summed E-state index contributed by atoms with van der Waals surface area (Å²) in [6.45, 7) is 4.46. The average molecular weight is 261 g/mol. The van der Waals surface area contributed by atoms with Crippen molar-refractivity contribution in [2.75, 3.05) is 0 Å². The Hall–Kier alpha value is -1.02. The Morgan fingerprint density at radius 2 is 2.00 bits per heavy atom. The van der Waals surface area contributed by atoms with Crippen LogP contribution in [-0.4, -0.2) is 11.1 Å². The first-order valence-electron chi connectivity index (χ1n) is 7.62. The van der Waals surface area contributed by atoms with Crippen LogP contribution < -0.4 is 5.73 Å². The van der Waals surface area contributed by atoms with E-state index in [0.717, 1.165) is 18.8 Å². The van der Waals surface area contributed by atoms with Crippen molar-refractivity contribution in [2.24, 2.45) is 17.6 Å². The minimum Gasteiger partial charge on any atom is -0.508 e. The molecule has 2 nitrogen and oxygen atoms in total. The molecule has 0 heterocycles. The lowest BCUT2D eigenvalue weighted by Crippen LogP contribution is -2.29. The van der Waals surface area contributed by atoms with Crippen molar-refractivity contribution >= 4 is 0 Å². The van der Waals surface area contributed by atoms with Gasteiger partial charge in [-0.1, -0.05) is 25.8 Å². The number of phenols is 1. The predicted molar refractivity (Wildman–Crippen MR) is 80.3 cm³/mol. The van der Waals surface area contributed by atoms with E-state index < -0.39 is 0 Å². The van der Waals surface area contributed by atoms with E-state index in [-0.39, 0.29) is 6.04 Å². The summed E-state index contributed by atoms with van der Waals surface area (Å²) in [5, 5.41) is 9.69. The van der Waals surface area contributed by atoms with Crippen molar-refractivity contribution in [2.45, 2.75) is 58.4 Å². The summed E-state index contributed by atoms with van der Waals surface area (Å²) in [7, 11) is 0. The normalized spacial score (nSPS) is 26.5. The SMILES string of the molecule is C[C@H]1CCC[C@H]([C@@H](C)N)Cc2ccc(O)cc2CC1. The number of aromatic hydroxyl groups is 1. The van der Waals surface area contributed by atoms with Gasteiger partial charge in [-0.15, -0.1) is 0 Å². The van der Waals surface area contributed by atoms with Crippen molar-refractivity contribution in [3.05, 3.63) is 29.3 Å². The predicted octanol–water partition coefficient (Wildman–Crippen LogP) is 3.65. The van der Waals surface area contributed by atoms with Crippen molar-refractivity contribution in [1.29, 1.82) is 0 Å². The summed E-state index contributed by atoms with van der Waals surface area (Å²) in [5.41, 5.74) is 8.85. The number of phenolic OH excluding ortho intramolecular Hbond substituents is 1. The second-order valence-electron chi connectivity index (χ2n) is 6.35. The Morgan fingerprint density at radius 1 is 1.21 bits per heavy atom. The minimum absolute atomic E-state index is 0.247. The molecule has 0 bridgehead atoms. The van der Waals surface area contributed by atoms with Gasteiger partial charge in [0.15, 0.2) is 0 Å². The van der Waals surface area contributed by atoms with E-state index in [0.29, 0.717) is 11.7 Å². The number of rotatable bonds is 1. The fourth-order valence-electron chi connectivity index (χ4n) is 3.15. The van der Waals surface area contributed by atoms with Gasteiger partial charge in [0.2, 0.25) is 0 Å². The van der Waals surface area contributed by atoms with E-state index in [1.807, 2.05) is 12.1 Å². The molecule has 1 aromatic rings.